The summed E-state index contributed by atoms with van der Waals surface area (Å²) in [6, 6.07) is 0. The van der Waals surface area contributed by atoms with Gasteiger partial charge in [-0.1, -0.05) is 23.2 Å². The van der Waals surface area contributed by atoms with Gasteiger partial charge in [-0.2, -0.15) is 0 Å². The zero-order valence-corrected chi connectivity index (χ0v) is 8.61. The fourth-order valence-electron chi connectivity index (χ4n) is 0.486. The minimum atomic E-state index is 0.00837. The van der Waals surface area contributed by atoms with E-state index in [1.54, 1.807) is 14.1 Å². The molecule has 0 unspecified atom stereocenters. The number of rotatable bonds is 4. The Hall–Kier alpha value is -0.250. The SMILES string of the molecule is CN(C)C(=O)CNCC(Cl)=CCl. The van der Waals surface area contributed by atoms with Gasteiger partial charge in [0.1, 0.15) is 0 Å². The molecule has 5 heteroatoms. The summed E-state index contributed by atoms with van der Waals surface area (Å²) in [7, 11) is 3.39. The molecule has 0 saturated carbocycles. The van der Waals surface area contributed by atoms with Crippen molar-refractivity contribution in [1.82, 2.24) is 10.2 Å². The average molecular weight is 211 g/mol. The van der Waals surface area contributed by atoms with E-state index in [0.29, 0.717) is 11.6 Å². The lowest BCUT2D eigenvalue weighted by atomic mass is 10.5. The third kappa shape index (κ3) is 5.41. The smallest absolute Gasteiger partial charge is 0.236 e. The van der Waals surface area contributed by atoms with Crippen LogP contribution in [0.4, 0.5) is 0 Å². The summed E-state index contributed by atoms with van der Waals surface area (Å²) in [6.07, 6.45) is 0. The lowest BCUT2D eigenvalue weighted by molar-refractivity contribution is -0.127. The summed E-state index contributed by atoms with van der Waals surface area (Å²) in [5.41, 5.74) is 1.27. The van der Waals surface area contributed by atoms with Crippen LogP contribution in [0.25, 0.3) is 0 Å². The van der Waals surface area contributed by atoms with Crippen LogP contribution in [0.3, 0.4) is 0 Å². The zero-order valence-electron chi connectivity index (χ0n) is 7.10. The van der Waals surface area contributed by atoms with Gasteiger partial charge in [-0.05, 0) is 0 Å². The Bertz CT molecular complexity index is 180. The predicted molar refractivity (Wildman–Crippen MR) is 51.4 cm³/mol. The van der Waals surface area contributed by atoms with Crippen LogP contribution >= 0.6 is 23.2 Å². The summed E-state index contributed by atoms with van der Waals surface area (Å²) in [4.78, 5) is 12.5. The number of nitrogens with one attached hydrogen (secondary N) is 1. The number of hydrogen-bond acceptors (Lipinski definition) is 2. The van der Waals surface area contributed by atoms with Crippen molar-refractivity contribution in [2.24, 2.45) is 0 Å². The Morgan fingerprint density at radius 1 is 1.50 bits per heavy atom. The molecule has 0 heterocycles. The topological polar surface area (TPSA) is 32.3 Å². The molecular weight excluding hydrogens is 199 g/mol. The molecular formula is C7H12Cl2N2O. The molecule has 0 spiro atoms. The van der Waals surface area contributed by atoms with E-state index < -0.39 is 0 Å². The van der Waals surface area contributed by atoms with E-state index in [0.717, 1.165) is 0 Å². The fraction of sp³-hybridized carbons (Fsp3) is 0.571. The molecule has 1 amide bonds. The van der Waals surface area contributed by atoms with Crippen molar-refractivity contribution in [3.05, 3.63) is 10.6 Å². The maximum atomic E-state index is 11.0. The maximum absolute atomic E-state index is 11.0. The van der Waals surface area contributed by atoms with Crippen LogP contribution in [0.15, 0.2) is 10.6 Å². The highest BCUT2D eigenvalue weighted by Gasteiger charge is 2.01. The first-order valence-electron chi connectivity index (χ1n) is 3.43. The molecule has 0 radical (unpaired) electrons. The molecule has 0 aromatic rings. The van der Waals surface area contributed by atoms with Crippen LogP contribution in [0, 0.1) is 0 Å². The van der Waals surface area contributed by atoms with Crippen LogP contribution < -0.4 is 5.32 Å². The second-order valence-corrected chi connectivity index (χ2v) is 3.15. The fourth-order valence-corrected chi connectivity index (χ4v) is 0.657. The van der Waals surface area contributed by atoms with Gasteiger partial charge in [0, 0.05) is 31.2 Å². The number of nitrogens with zero attached hydrogens (tertiary/aromatic N) is 1. The minimum absolute atomic E-state index is 0.00837. The Balaban J connectivity index is 3.51. The van der Waals surface area contributed by atoms with Crippen molar-refractivity contribution >= 4 is 29.1 Å². The zero-order chi connectivity index (χ0) is 9.56. The Labute approximate surface area is 82.3 Å². The highest BCUT2D eigenvalue weighted by Crippen LogP contribution is 1.99. The molecule has 0 rings (SSSR count). The van der Waals surface area contributed by atoms with Crippen molar-refractivity contribution in [2.75, 3.05) is 27.2 Å². The standard InChI is InChI=1S/C7H12Cl2N2O/c1-11(2)7(12)5-10-4-6(9)3-8/h3,10H,4-5H2,1-2H3. The van der Waals surface area contributed by atoms with Gasteiger partial charge in [-0.15, -0.1) is 0 Å². The molecule has 12 heavy (non-hydrogen) atoms. The van der Waals surface area contributed by atoms with Gasteiger partial charge in [0.05, 0.1) is 6.54 Å². The van der Waals surface area contributed by atoms with Crippen molar-refractivity contribution < 1.29 is 4.79 Å². The Morgan fingerprint density at radius 3 is 2.50 bits per heavy atom. The third-order valence-electron chi connectivity index (χ3n) is 1.19. The summed E-state index contributed by atoms with van der Waals surface area (Å²) in [6.45, 7) is 0.693. The second kappa shape index (κ2) is 6.29. The number of hydrogen-bond donors (Lipinski definition) is 1. The van der Waals surface area contributed by atoms with E-state index in [-0.39, 0.29) is 12.5 Å². The Kier molecular flexibility index (Phi) is 6.16. The van der Waals surface area contributed by atoms with E-state index in [2.05, 4.69) is 5.32 Å². The van der Waals surface area contributed by atoms with E-state index in [1.807, 2.05) is 0 Å². The number of amides is 1. The van der Waals surface area contributed by atoms with Crippen LogP contribution in [0.2, 0.25) is 0 Å². The molecule has 1 N–H and O–H groups in total. The first kappa shape index (κ1) is 11.8. The van der Waals surface area contributed by atoms with Crippen molar-refractivity contribution in [3.8, 4) is 0 Å². The van der Waals surface area contributed by atoms with Gasteiger partial charge in [0.15, 0.2) is 0 Å². The predicted octanol–water partition coefficient (Wildman–Crippen LogP) is 0.983. The molecule has 0 atom stereocenters. The summed E-state index contributed by atoms with van der Waals surface area (Å²) in [5.74, 6) is 0.00837. The molecule has 0 bridgehead atoms. The highest BCUT2D eigenvalue weighted by atomic mass is 35.5. The molecule has 3 nitrogen and oxygen atoms in total. The maximum Gasteiger partial charge on any atom is 0.236 e. The number of carbonyl (C=O) groups excluding carboxylic acids is 1. The van der Waals surface area contributed by atoms with E-state index in [1.165, 1.54) is 10.4 Å². The van der Waals surface area contributed by atoms with Gasteiger partial charge in [0.2, 0.25) is 5.91 Å². The molecule has 0 aromatic heterocycles. The molecule has 0 aliphatic heterocycles. The lowest BCUT2D eigenvalue weighted by Gasteiger charge is -2.10. The van der Waals surface area contributed by atoms with Gasteiger partial charge in [0.25, 0.3) is 0 Å². The monoisotopic (exact) mass is 210 g/mol. The van der Waals surface area contributed by atoms with Gasteiger partial charge in [-0.3, -0.25) is 4.79 Å². The van der Waals surface area contributed by atoms with Crippen molar-refractivity contribution in [2.45, 2.75) is 0 Å². The van der Waals surface area contributed by atoms with Crippen LogP contribution in [-0.2, 0) is 4.79 Å². The molecule has 0 aromatic carbocycles. The summed E-state index contributed by atoms with van der Waals surface area (Å²) >= 11 is 10.9. The van der Waals surface area contributed by atoms with Crippen molar-refractivity contribution in [1.29, 1.82) is 0 Å². The van der Waals surface area contributed by atoms with Gasteiger partial charge >= 0.3 is 0 Å². The molecule has 0 aliphatic carbocycles. The van der Waals surface area contributed by atoms with Gasteiger partial charge < -0.3 is 10.2 Å². The van der Waals surface area contributed by atoms with Crippen LogP contribution in [-0.4, -0.2) is 38.0 Å². The van der Waals surface area contributed by atoms with Crippen molar-refractivity contribution in [3.63, 3.8) is 0 Å². The number of halogens is 2. The number of carbonyl (C=O) groups is 1. The summed E-state index contributed by atoms with van der Waals surface area (Å²) in [5, 5.41) is 3.33. The third-order valence-corrected chi connectivity index (χ3v) is 1.81. The summed E-state index contributed by atoms with van der Waals surface area (Å²) < 4.78 is 0. The molecule has 0 aliphatic rings. The molecule has 70 valence electrons. The average Bonchev–Trinajstić information content (AvgIpc) is 2.03. The lowest BCUT2D eigenvalue weighted by Crippen LogP contribution is -2.33. The second-order valence-electron chi connectivity index (χ2n) is 2.45. The van der Waals surface area contributed by atoms with E-state index >= 15 is 0 Å². The number of likely N-dealkylation sites (N-methyl/N-ethyl adjacent to an activating group) is 1. The van der Waals surface area contributed by atoms with Crippen LogP contribution in [0.5, 0.6) is 0 Å². The Morgan fingerprint density at radius 2 is 2.08 bits per heavy atom. The van der Waals surface area contributed by atoms with Gasteiger partial charge in [-0.25, -0.2) is 0 Å². The normalized spacial score (nSPS) is 11.5. The molecule has 0 saturated heterocycles. The minimum Gasteiger partial charge on any atom is -0.348 e. The van der Waals surface area contributed by atoms with E-state index in [4.69, 9.17) is 23.2 Å². The first-order chi connectivity index (χ1) is 5.57. The largest absolute Gasteiger partial charge is 0.348 e. The first-order valence-corrected chi connectivity index (χ1v) is 4.25. The van der Waals surface area contributed by atoms with E-state index in [9.17, 15) is 4.79 Å². The van der Waals surface area contributed by atoms with Crippen LogP contribution in [0.1, 0.15) is 0 Å². The quantitative estimate of drug-likeness (QED) is 0.751. The highest BCUT2D eigenvalue weighted by molar-refractivity contribution is 6.36. The molecule has 0 fully saturated rings.